The summed E-state index contributed by atoms with van der Waals surface area (Å²) in [5, 5.41) is 0. The lowest BCUT2D eigenvalue weighted by Crippen LogP contribution is -2.28. The van der Waals surface area contributed by atoms with E-state index in [-0.39, 0.29) is 0 Å². The molecule has 19 heavy (non-hydrogen) atoms. The van der Waals surface area contributed by atoms with E-state index in [1.165, 1.54) is 0 Å². The van der Waals surface area contributed by atoms with E-state index >= 15 is 0 Å². The molecule has 1 aliphatic rings. The quantitative estimate of drug-likeness (QED) is 0.765. The zero-order chi connectivity index (χ0) is 13.6. The van der Waals surface area contributed by atoms with Gasteiger partial charge in [-0.15, -0.1) is 0 Å². The fraction of sp³-hybridized carbons (Fsp3) is 0.200. The smallest absolute Gasteiger partial charge is 0.153 e. The fourth-order valence-electron chi connectivity index (χ4n) is 2.43. The predicted molar refractivity (Wildman–Crippen MR) is 79.1 cm³/mol. The zero-order valence-corrected chi connectivity index (χ0v) is 11.1. The van der Waals surface area contributed by atoms with Gasteiger partial charge >= 0.3 is 0 Å². The Morgan fingerprint density at radius 3 is 2.32 bits per heavy atom. The number of nitrogen functional groups attached to an aromatic ring is 2. The van der Waals surface area contributed by atoms with Crippen molar-refractivity contribution in [3.8, 4) is 11.5 Å². The molecule has 0 unspecified atom stereocenters. The van der Waals surface area contributed by atoms with E-state index in [1.807, 2.05) is 36.4 Å². The molecule has 0 aliphatic carbocycles. The predicted octanol–water partition coefficient (Wildman–Crippen LogP) is 3.50. The van der Waals surface area contributed by atoms with Gasteiger partial charge in [0.1, 0.15) is 0 Å². The number of ether oxygens (including phenoxy) is 1. The van der Waals surface area contributed by atoms with E-state index in [1.54, 1.807) is 0 Å². The molecule has 2 aromatic carbocycles. The van der Waals surface area contributed by atoms with Crippen molar-refractivity contribution in [2.45, 2.75) is 19.9 Å². The maximum atomic E-state index is 5.92. The second-order valence-electron chi connectivity index (χ2n) is 5.02. The normalized spacial score (nSPS) is 12.9. The average molecular weight is 255 g/mol. The number of fused-ring (bicyclic) bond motifs is 2. The molecule has 0 amide bonds. The van der Waals surface area contributed by atoms with E-state index in [2.05, 4.69) is 18.7 Å². The standard InChI is InChI=1S/C15H17N3O/c1-9(2)18-12-5-3-11(17)8-15(12)19-14-6-4-10(16)7-13(14)18/h3-9H,16-17H2,1-2H3. The maximum Gasteiger partial charge on any atom is 0.153 e. The van der Waals surface area contributed by atoms with Crippen molar-refractivity contribution in [1.82, 2.24) is 0 Å². The lowest BCUT2D eigenvalue weighted by Gasteiger charge is -2.35. The van der Waals surface area contributed by atoms with Crippen LogP contribution in [0.1, 0.15) is 13.8 Å². The highest BCUT2D eigenvalue weighted by Gasteiger charge is 2.26. The van der Waals surface area contributed by atoms with Crippen LogP contribution in [0, 0.1) is 0 Å². The zero-order valence-electron chi connectivity index (χ0n) is 11.1. The maximum absolute atomic E-state index is 5.92. The highest BCUT2D eigenvalue weighted by Crippen LogP contribution is 2.48. The van der Waals surface area contributed by atoms with Crippen LogP contribution in [-0.4, -0.2) is 6.04 Å². The Hall–Kier alpha value is -2.36. The number of hydrogen-bond acceptors (Lipinski definition) is 4. The van der Waals surface area contributed by atoms with Gasteiger partial charge in [-0.2, -0.15) is 0 Å². The summed E-state index contributed by atoms with van der Waals surface area (Å²) < 4.78 is 5.92. The molecule has 1 aliphatic heterocycles. The second-order valence-corrected chi connectivity index (χ2v) is 5.02. The first-order valence-electron chi connectivity index (χ1n) is 6.32. The second kappa shape index (κ2) is 4.09. The van der Waals surface area contributed by atoms with E-state index in [0.29, 0.717) is 11.7 Å². The minimum absolute atomic E-state index is 0.298. The number of nitrogens with two attached hydrogens (primary N) is 2. The van der Waals surface area contributed by atoms with Crippen LogP contribution in [0.4, 0.5) is 22.7 Å². The van der Waals surface area contributed by atoms with Gasteiger partial charge in [-0.25, -0.2) is 0 Å². The minimum Gasteiger partial charge on any atom is -0.453 e. The Morgan fingerprint density at radius 2 is 1.58 bits per heavy atom. The van der Waals surface area contributed by atoms with Gasteiger partial charge in [0, 0.05) is 23.5 Å². The van der Waals surface area contributed by atoms with Crippen molar-refractivity contribution in [3.05, 3.63) is 36.4 Å². The molecule has 98 valence electrons. The molecule has 0 atom stereocenters. The van der Waals surface area contributed by atoms with Crippen molar-refractivity contribution in [3.63, 3.8) is 0 Å². The summed E-state index contributed by atoms with van der Waals surface area (Å²) in [4.78, 5) is 2.21. The van der Waals surface area contributed by atoms with Crippen molar-refractivity contribution in [2.75, 3.05) is 16.4 Å². The van der Waals surface area contributed by atoms with Crippen LogP contribution in [-0.2, 0) is 0 Å². The molecule has 3 rings (SSSR count). The first-order chi connectivity index (χ1) is 9.06. The van der Waals surface area contributed by atoms with Gasteiger partial charge in [-0.3, -0.25) is 0 Å². The molecule has 4 N–H and O–H groups in total. The van der Waals surface area contributed by atoms with Crippen LogP contribution in [0.5, 0.6) is 11.5 Å². The Balaban J connectivity index is 2.21. The lowest BCUT2D eigenvalue weighted by molar-refractivity contribution is 0.470. The van der Waals surface area contributed by atoms with Crippen molar-refractivity contribution < 1.29 is 4.74 Å². The highest BCUT2D eigenvalue weighted by atomic mass is 16.5. The third-order valence-corrected chi connectivity index (χ3v) is 3.22. The summed E-state index contributed by atoms with van der Waals surface area (Å²) in [5.41, 5.74) is 15.1. The van der Waals surface area contributed by atoms with Crippen molar-refractivity contribution in [1.29, 1.82) is 0 Å². The number of anilines is 4. The summed E-state index contributed by atoms with van der Waals surface area (Å²) >= 11 is 0. The third-order valence-electron chi connectivity index (χ3n) is 3.22. The molecule has 1 heterocycles. The minimum atomic E-state index is 0.298. The summed E-state index contributed by atoms with van der Waals surface area (Å²) in [6, 6.07) is 11.7. The molecule has 0 bridgehead atoms. The highest BCUT2D eigenvalue weighted by molar-refractivity contribution is 5.81. The Labute approximate surface area is 112 Å². The van der Waals surface area contributed by atoms with Crippen molar-refractivity contribution in [2.24, 2.45) is 0 Å². The molecule has 0 fully saturated rings. The van der Waals surface area contributed by atoms with Gasteiger partial charge in [-0.05, 0) is 44.2 Å². The SMILES string of the molecule is CC(C)N1c2ccc(N)cc2Oc2ccc(N)cc21. The number of nitrogens with zero attached hydrogens (tertiary/aromatic N) is 1. The first kappa shape index (κ1) is 11.7. The average Bonchev–Trinajstić information content (AvgIpc) is 2.35. The van der Waals surface area contributed by atoms with E-state index in [0.717, 1.165) is 28.6 Å². The molecule has 4 nitrogen and oxygen atoms in total. The van der Waals surface area contributed by atoms with Gasteiger partial charge in [0.25, 0.3) is 0 Å². The van der Waals surface area contributed by atoms with Crippen molar-refractivity contribution >= 4 is 22.7 Å². The van der Waals surface area contributed by atoms with E-state index in [4.69, 9.17) is 16.2 Å². The number of benzene rings is 2. The first-order valence-corrected chi connectivity index (χ1v) is 6.32. The van der Waals surface area contributed by atoms with Crippen LogP contribution in [0.2, 0.25) is 0 Å². The summed E-state index contributed by atoms with van der Waals surface area (Å²) in [6.45, 7) is 4.27. The van der Waals surface area contributed by atoms with E-state index < -0.39 is 0 Å². The number of hydrogen-bond donors (Lipinski definition) is 2. The number of rotatable bonds is 1. The molecular weight excluding hydrogens is 238 g/mol. The molecule has 2 aromatic rings. The van der Waals surface area contributed by atoms with Crippen LogP contribution in [0.15, 0.2) is 36.4 Å². The molecule has 0 spiro atoms. The topological polar surface area (TPSA) is 64.5 Å². The Bertz CT molecular complexity index is 637. The fourth-order valence-corrected chi connectivity index (χ4v) is 2.43. The molecule has 0 aromatic heterocycles. The molecule has 0 saturated heterocycles. The van der Waals surface area contributed by atoms with Crippen LogP contribution < -0.4 is 21.1 Å². The monoisotopic (exact) mass is 255 g/mol. The largest absolute Gasteiger partial charge is 0.453 e. The van der Waals surface area contributed by atoms with Gasteiger partial charge in [0.2, 0.25) is 0 Å². The summed E-state index contributed by atoms with van der Waals surface area (Å²) in [6.07, 6.45) is 0. The van der Waals surface area contributed by atoms with Gasteiger partial charge in [0.05, 0.1) is 11.4 Å². The Morgan fingerprint density at radius 1 is 0.895 bits per heavy atom. The molecule has 0 radical (unpaired) electrons. The van der Waals surface area contributed by atoms with Gasteiger partial charge in [-0.1, -0.05) is 0 Å². The molecule has 4 heteroatoms. The lowest BCUT2D eigenvalue weighted by atomic mass is 10.1. The Kier molecular flexibility index (Phi) is 2.52. The summed E-state index contributed by atoms with van der Waals surface area (Å²) in [5.74, 6) is 1.59. The molecular formula is C15H17N3O. The van der Waals surface area contributed by atoms with E-state index in [9.17, 15) is 0 Å². The van der Waals surface area contributed by atoms with Gasteiger partial charge in [0.15, 0.2) is 11.5 Å². The van der Waals surface area contributed by atoms with Crippen LogP contribution >= 0.6 is 0 Å². The van der Waals surface area contributed by atoms with Crippen LogP contribution in [0.25, 0.3) is 0 Å². The van der Waals surface area contributed by atoms with Crippen LogP contribution in [0.3, 0.4) is 0 Å². The molecule has 0 saturated carbocycles. The third kappa shape index (κ3) is 1.85. The summed E-state index contributed by atoms with van der Waals surface area (Å²) in [7, 11) is 0. The van der Waals surface area contributed by atoms with Gasteiger partial charge < -0.3 is 21.1 Å².